The third-order valence-electron chi connectivity index (χ3n) is 4.96. The van der Waals surface area contributed by atoms with Crippen molar-refractivity contribution in [2.75, 3.05) is 6.54 Å². The van der Waals surface area contributed by atoms with Crippen LogP contribution in [0.2, 0.25) is 0 Å². The summed E-state index contributed by atoms with van der Waals surface area (Å²) in [5.74, 6) is 0.986. The maximum atomic E-state index is 3.84. The molecule has 0 spiro atoms. The minimum atomic E-state index is 0.698. The van der Waals surface area contributed by atoms with Crippen LogP contribution in [0.3, 0.4) is 0 Å². The van der Waals surface area contributed by atoms with Gasteiger partial charge in [-0.2, -0.15) is 0 Å². The molecular formula is C18H33N. The predicted octanol–water partition coefficient (Wildman–Crippen LogP) is 5.22. The third kappa shape index (κ3) is 5.30. The van der Waals surface area contributed by atoms with Crippen molar-refractivity contribution in [3.63, 3.8) is 0 Å². The molecule has 110 valence electrons. The standard InChI is InChI=1S/C18H33N/c1-2-14-19-18(17-12-8-5-9-13-17)15-16-10-6-3-4-7-11-16/h12,16,18-19H,2-11,13-15H2,1H3. The maximum absolute atomic E-state index is 3.84. The van der Waals surface area contributed by atoms with E-state index in [4.69, 9.17) is 0 Å². The molecule has 19 heavy (non-hydrogen) atoms. The van der Waals surface area contributed by atoms with Crippen LogP contribution in [-0.2, 0) is 0 Å². The van der Waals surface area contributed by atoms with Crippen LogP contribution >= 0.6 is 0 Å². The van der Waals surface area contributed by atoms with Gasteiger partial charge in [-0.3, -0.25) is 0 Å². The summed E-state index contributed by atoms with van der Waals surface area (Å²) in [5, 5.41) is 3.84. The van der Waals surface area contributed by atoms with E-state index in [1.807, 2.05) is 0 Å². The van der Waals surface area contributed by atoms with Crippen LogP contribution in [0.5, 0.6) is 0 Å². The van der Waals surface area contributed by atoms with Gasteiger partial charge in [-0.25, -0.2) is 0 Å². The van der Waals surface area contributed by atoms with Crippen molar-refractivity contribution in [1.29, 1.82) is 0 Å². The summed E-state index contributed by atoms with van der Waals surface area (Å²) in [5.41, 5.74) is 1.74. The highest BCUT2D eigenvalue weighted by atomic mass is 14.9. The predicted molar refractivity (Wildman–Crippen MR) is 84.4 cm³/mol. The number of hydrogen-bond acceptors (Lipinski definition) is 1. The van der Waals surface area contributed by atoms with Gasteiger partial charge in [0.1, 0.15) is 0 Å². The van der Waals surface area contributed by atoms with Crippen molar-refractivity contribution in [2.24, 2.45) is 5.92 Å². The van der Waals surface area contributed by atoms with Crippen LogP contribution in [0.4, 0.5) is 0 Å². The molecular weight excluding hydrogens is 230 g/mol. The third-order valence-corrected chi connectivity index (χ3v) is 4.96. The summed E-state index contributed by atoms with van der Waals surface area (Å²) < 4.78 is 0. The molecule has 0 aromatic heterocycles. The molecule has 1 heteroatoms. The van der Waals surface area contributed by atoms with Crippen molar-refractivity contribution >= 4 is 0 Å². The van der Waals surface area contributed by atoms with Crippen LogP contribution in [0.1, 0.15) is 84.0 Å². The molecule has 2 aliphatic rings. The summed E-state index contributed by atoms with van der Waals surface area (Å²) >= 11 is 0. The molecule has 1 atom stereocenters. The van der Waals surface area contributed by atoms with E-state index in [-0.39, 0.29) is 0 Å². The molecule has 0 amide bonds. The summed E-state index contributed by atoms with van der Waals surface area (Å²) in [6.45, 7) is 3.47. The van der Waals surface area contributed by atoms with Crippen LogP contribution in [-0.4, -0.2) is 12.6 Å². The molecule has 1 N–H and O–H groups in total. The Hall–Kier alpha value is -0.300. The second-order valence-corrected chi connectivity index (χ2v) is 6.62. The molecule has 1 nitrogen and oxygen atoms in total. The van der Waals surface area contributed by atoms with Crippen LogP contribution in [0.15, 0.2) is 11.6 Å². The Balaban J connectivity index is 1.89. The Kier molecular flexibility index (Phi) is 6.98. The minimum absolute atomic E-state index is 0.698. The first-order valence-electron chi connectivity index (χ1n) is 8.82. The molecule has 0 saturated heterocycles. The highest BCUT2D eigenvalue weighted by molar-refractivity contribution is 5.13. The fourth-order valence-corrected chi connectivity index (χ4v) is 3.80. The molecule has 2 aliphatic carbocycles. The summed E-state index contributed by atoms with van der Waals surface area (Å²) in [6.07, 6.45) is 19.6. The number of rotatable bonds is 6. The van der Waals surface area contributed by atoms with Crippen LogP contribution in [0, 0.1) is 5.92 Å². The van der Waals surface area contributed by atoms with Crippen molar-refractivity contribution < 1.29 is 0 Å². The summed E-state index contributed by atoms with van der Waals surface area (Å²) in [6, 6.07) is 0.698. The van der Waals surface area contributed by atoms with Crippen LogP contribution in [0.25, 0.3) is 0 Å². The lowest BCUT2D eigenvalue weighted by atomic mass is 9.85. The van der Waals surface area contributed by atoms with Crippen LogP contribution < -0.4 is 5.32 Å². The fraction of sp³-hybridized carbons (Fsp3) is 0.889. The van der Waals surface area contributed by atoms with Crippen molar-refractivity contribution in [1.82, 2.24) is 5.32 Å². The normalized spacial score (nSPS) is 23.7. The van der Waals surface area contributed by atoms with Crippen molar-refractivity contribution in [2.45, 2.75) is 90.0 Å². The van der Waals surface area contributed by atoms with Gasteiger partial charge in [-0.05, 0) is 51.0 Å². The zero-order valence-electron chi connectivity index (χ0n) is 12.9. The van der Waals surface area contributed by atoms with E-state index < -0.39 is 0 Å². The SMILES string of the molecule is CCCNC(CC1CCCCCC1)C1=CCCCC1. The molecule has 1 saturated carbocycles. The van der Waals surface area contributed by atoms with E-state index in [1.165, 1.54) is 83.6 Å². The average Bonchev–Trinajstić information content (AvgIpc) is 2.73. The smallest absolute Gasteiger partial charge is 0.0282 e. The quantitative estimate of drug-likeness (QED) is 0.512. The fourth-order valence-electron chi connectivity index (χ4n) is 3.80. The monoisotopic (exact) mass is 263 g/mol. The van der Waals surface area contributed by atoms with E-state index in [1.54, 1.807) is 5.57 Å². The molecule has 0 aromatic carbocycles. The van der Waals surface area contributed by atoms with E-state index in [0.717, 1.165) is 5.92 Å². The zero-order valence-corrected chi connectivity index (χ0v) is 12.9. The molecule has 1 fully saturated rings. The highest BCUT2D eigenvalue weighted by Crippen LogP contribution is 2.30. The Labute approximate surface area is 120 Å². The van der Waals surface area contributed by atoms with Gasteiger partial charge in [0, 0.05) is 6.04 Å². The molecule has 0 aliphatic heterocycles. The first-order chi connectivity index (χ1) is 9.40. The lowest BCUT2D eigenvalue weighted by Gasteiger charge is -2.28. The topological polar surface area (TPSA) is 12.0 Å². The van der Waals surface area contributed by atoms with Gasteiger partial charge in [0.05, 0.1) is 0 Å². The number of hydrogen-bond donors (Lipinski definition) is 1. The van der Waals surface area contributed by atoms with Gasteiger partial charge in [0.15, 0.2) is 0 Å². The second-order valence-electron chi connectivity index (χ2n) is 6.62. The first kappa shape index (κ1) is 15.1. The second kappa shape index (κ2) is 8.79. The van der Waals surface area contributed by atoms with Gasteiger partial charge >= 0.3 is 0 Å². The highest BCUT2D eigenvalue weighted by Gasteiger charge is 2.21. The molecule has 0 aromatic rings. The Morgan fingerprint density at radius 3 is 2.53 bits per heavy atom. The lowest BCUT2D eigenvalue weighted by molar-refractivity contribution is 0.366. The summed E-state index contributed by atoms with van der Waals surface area (Å²) in [7, 11) is 0. The van der Waals surface area contributed by atoms with Gasteiger partial charge in [-0.15, -0.1) is 0 Å². The largest absolute Gasteiger partial charge is 0.310 e. The molecule has 2 rings (SSSR count). The lowest BCUT2D eigenvalue weighted by Crippen LogP contribution is -2.34. The van der Waals surface area contributed by atoms with E-state index in [0.29, 0.717) is 6.04 Å². The van der Waals surface area contributed by atoms with Crippen molar-refractivity contribution in [3.8, 4) is 0 Å². The van der Waals surface area contributed by atoms with E-state index in [2.05, 4.69) is 18.3 Å². The average molecular weight is 263 g/mol. The van der Waals surface area contributed by atoms with E-state index in [9.17, 15) is 0 Å². The Morgan fingerprint density at radius 2 is 1.89 bits per heavy atom. The zero-order chi connectivity index (χ0) is 13.3. The summed E-state index contributed by atoms with van der Waals surface area (Å²) in [4.78, 5) is 0. The molecule has 0 heterocycles. The van der Waals surface area contributed by atoms with Gasteiger partial charge in [-0.1, -0.05) is 57.1 Å². The first-order valence-corrected chi connectivity index (χ1v) is 8.82. The maximum Gasteiger partial charge on any atom is 0.0282 e. The van der Waals surface area contributed by atoms with E-state index >= 15 is 0 Å². The number of nitrogens with one attached hydrogen (secondary N) is 1. The minimum Gasteiger partial charge on any atom is -0.310 e. The van der Waals surface area contributed by atoms with Gasteiger partial charge < -0.3 is 5.32 Å². The van der Waals surface area contributed by atoms with Gasteiger partial charge in [0.25, 0.3) is 0 Å². The molecule has 0 radical (unpaired) electrons. The van der Waals surface area contributed by atoms with Gasteiger partial charge in [0.2, 0.25) is 0 Å². The Bertz CT molecular complexity index is 261. The molecule has 1 unspecified atom stereocenters. The Morgan fingerprint density at radius 1 is 1.11 bits per heavy atom. The molecule has 0 bridgehead atoms. The number of allylic oxidation sites excluding steroid dienone is 1. The van der Waals surface area contributed by atoms with Crippen molar-refractivity contribution in [3.05, 3.63) is 11.6 Å².